The van der Waals surface area contributed by atoms with Crippen molar-refractivity contribution in [2.45, 2.75) is 26.7 Å². The van der Waals surface area contributed by atoms with E-state index in [1.165, 1.54) is 16.9 Å². The number of benzene rings is 2. The summed E-state index contributed by atoms with van der Waals surface area (Å²) in [6.07, 6.45) is 1.62. The zero-order valence-electron chi connectivity index (χ0n) is 16.8. The Morgan fingerprint density at radius 1 is 1.10 bits per heavy atom. The summed E-state index contributed by atoms with van der Waals surface area (Å²) < 4.78 is 6.27. The first-order chi connectivity index (χ1) is 14.5. The third-order valence-corrected chi connectivity index (χ3v) is 6.17. The van der Waals surface area contributed by atoms with Crippen LogP contribution in [0.15, 0.2) is 59.1 Å². The van der Waals surface area contributed by atoms with Crippen molar-refractivity contribution in [1.82, 2.24) is 0 Å². The zero-order chi connectivity index (χ0) is 21.5. The van der Waals surface area contributed by atoms with E-state index in [2.05, 4.69) is 51.7 Å². The molecule has 0 aliphatic heterocycles. The van der Waals surface area contributed by atoms with Crippen molar-refractivity contribution in [3.63, 3.8) is 0 Å². The number of aryl methyl sites for hydroxylation is 1. The number of hydrogen-bond donors (Lipinski definition) is 2. The van der Waals surface area contributed by atoms with Crippen LogP contribution < -0.4 is 10.6 Å². The lowest BCUT2D eigenvalue weighted by atomic mass is 10.1. The van der Waals surface area contributed by atoms with Crippen LogP contribution in [-0.2, 0) is 17.6 Å². The second-order valence-corrected chi connectivity index (χ2v) is 9.03. The summed E-state index contributed by atoms with van der Waals surface area (Å²) >= 11 is 10.5. The van der Waals surface area contributed by atoms with Gasteiger partial charge in [0.15, 0.2) is 5.11 Å². The standard InChI is InChI=1S/C23H23BrN2O2S2/c1-3-16-13-17(24)10-11-20(16)25-23(29)26-21-19(22(27)28-4-2)14-18(30-21)12-15-8-6-5-7-9-15/h5-11,13-14H,3-4,12H2,1-2H3,(H2,25,26,29). The van der Waals surface area contributed by atoms with Gasteiger partial charge in [-0.2, -0.15) is 0 Å². The SMILES string of the molecule is CCOC(=O)c1cc(Cc2ccccc2)sc1NC(=S)Nc1ccc(Br)cc1CC. The van der Waals surface area contributed by atoms with Crippen LogP contribution in [0.1, 0.15) is 40.2 Å². The van der Waals surface area contributed by atoms with E-state index in [-0.39, 0.29) is 5.97 Å². The summed E-state index contributed by atoms with van der Waals surface area (Å²) in [6.45, 7) is 4.22. The third-order valence-electron chi connectivity index (χ3n) is 4.42. The Kier molecular flexibility index (Phi) is 8.01. The van der Waals surface area contributed by atoms with Gasteiger partial charge in [0.2, 0.25) is 0 Å². The van der Waals surface area contributed by atoms with E-state index in [0.717, 1.165) is 33.4 Å². The minimum atomic E-state index is -0.351. The van der Waals surface area contributed by atoms with E-state index in [1.54, 1.807) is 6.92 Å². The number of esters is 1. The maximum Gasteiger partial charge on any atom is 0.341 e. The summed E-state index contributed by atoms with van der Waals surface area (Å²) in [4.78, 5) is 13.5. The molecule has 0 aliphatic carbocycles. The van der Waals surface area contributed by atoms with Gasteiger partial charge in [-0.05, 0) is 61.0 Å². The third kappa shape index (κ3) is 5.90. The predicted molar refractivity (Wildman–Crippen MR) is 133 cm³/mol. The van der Waals surface area contributed by atoms with Crippen LogP contribution >= 0.6 is 39.5 Å². The lowest BCUT2D eigenvalue weighted by molar-refractivity contribution is 0.0528. The minimum absolute atomic E-state index is 0.323. The highest BCUT2D eigenvalue weighted by molar-refractivity contribution is 9.10. The molecule has 0 spiro atoms. The number of thiocarbonyl (C=S) groups is 1. The topological polar surface area (TPSA) is 50.4 Å². The molecule has 1 heterocycles. The summed E-state index contributed by atoms with van der Waals surface area (Å²) in [7, 11) is 0. The van der Waals surface area contributed by atoms with Crippen molar-refractivity contribution >= 4 is 61.3 Å². The van der Waals surface area contributed by atoms with Gasteiger partial charge in [-0.1, -0.05) is 53.2 Å². The van der Waals surface area contributed by atoms with Crippen LogP contribution in [0.2, 0.25) is 0 Å². The average molecular weight is 503 g/mol. The Balaban J connectivity index is 1.81. The molecule has 0 saturated carbocycles. The van der Waals surface area contributed by atoms with Crippen molar-refractivity contribution in [3.8, 4) is 0 Å². The number of carbonyl (C=O) groups is 1. The van der Waals surface area contributed by atoms with Gasteiger partial charge >= 0.3 is 5.97 Å². The Labute approximate surface area is 194 Å². The highest BCUT2D eigenvalue weighted by Crippen LogP contribution is 2.31. The number of hydrogen-bond acceptors (Lipinski definition) is 4. The maximum atomic E-state index is 12.5. The molecule has 2 N–H and O–H groups in total. The molecule has 3 rings (SSSR count). The first-order valence-electron chi connectivity index (χ1n) is 9.70. The van der Waals surface area contributed by atoms with Crippen molar-refractivity contribution < 1.29 is 9.53 Å². The van der Waals surface area contributed by atoms with Crippen LogP contribution in [0.5, 0.6) is 0 Å². The van der Waals surface area contributed by atoms with Crippen molar-refractivity contribution in [3.05, 3.63) is 80.6 Å². The quantitative estimate of drug-likeness (QED) is 0.279. The van der Waals surface area contributed by atoms with Crippen LogP contribution in [0.4, 0.5) is 10.7 Å². The van der Waals surface area contributed by atoms with E-state index in [0.29, 0.717) is 22.3 Å². The Bertz CT molecular complexity index is 1030. The highest BCUT2D eigenvalue weighted by atomic mass is 79.9. The number of halogens is 1. The number of ether oxygens (including phenoxy) is 1. The molecule has 7 heteroatoms. The fourth-order valence-electron chi connectivity index (χ4n) is 3.01. The molecular formula is C23H23BrN2O2S2. The van der Waals surface area contributed by atoms with Crippen molar-refractivity contribution in [2.24, 2.45) is 0 Å². The second-order valence-electron chi connectivity index (χ2n) is 6.57. The molecular weight excluding hydrogens is 480 g/mol. The van der Waals surface area contributed by atoms with E-state index in [9.17, 15) is 4.79 Å². The highest BCUT2D eigenvalue weighted by Gasteiger charge is 2.19. The van der Waals surface area contributed by atoms with Gasteiger partial charge in [-0.15, -0.1) is 11.3 Å². The van der Waals surface area contributed by atoms with E-state index in [1.807, 2.05) is 36.4 Å². The predicted octanol–water partition coefficient (Wildman–Crippen LogP) is 6.65. The lowest BCUT2D eigenvalue weighted by Gasteiger charge is -2.14. The van der Waals surface area contributed by atoms with E-state index in [4.69, 9.17) is 17.0 Å². The normalized spacial score (nSPS) is 10.5. The van der Waals surface area contributed by atoms with Gasteiger partial charge < -0.3 is 15.4 Å². The molecule has 0 atom stereocenters. The molecule has 0 saturated heterocycles. The lowest BCUT2D eigenvalue weighted by Crippen LogP contribution is -2.20. The molecule has 0 bridgehead atoms. The van der Waals surface area contributed by atoms with Crippen LogP contribution in [0, 0.1) is 0 Å². The van der Waals surface area contributed by atoms with E-state index >= 15 is 0 Å². The largest absolute Gasteiger partial charge is 0.462 e. The number of thiophene rings is 1. The first-order valence-corrected chi connectivity index (χ1v) is 11.7. The average Bonchev–Trinajstić information content (AvgIpc) is 3.12. The van der Waals surface area contributed by atoms with E-state index < -0.39 is 0 Å². The van der Waals surface area contributed by atoms with Crippen LogP contribution in [0.25, 0.3) is 0 Å². The fourth-order valence-corrected chi connectivity index (χ4v) is 4.78. The first kappa shape index (κ1) is 22.5. The van der Waals surface area contributed by atoms with Gasteiger partial charge in [0, 0.05) is 21.5 Å². The molecule has 4 nitrogen and oxygen atoms in total. The number of carbonyl (C=O) groups excluding carboxylic acids is 1. The Morgan fingerprint density at radius 2 is 1.87 bits per heavy atom. The summed E-state index contributed by atoms with van der Waals surface area (Å²) in [6, 6.07) is 18.1. The van der Waals surface area contributed by atoms with Crippen molar-refractivity contribution in [1.29, 1.82) is 0 Å². The molecule has 156 valence electrons. The Morgan fingerprint density at radius 3 is 2.57 bits per heavy atom. The molecule has 0 fully saturated rings. The minimum Gasteiger partial charge on any atom is -0.462 e. The number of anilines is 2. The van der Waals surface area contributed by atoms with Gasteiger partial charge in [-0.25, -0.2) is 4.79 Å². The molecule has 0 aliphatic rings. The van der Waals surface area contributed by atoms with Gasteiger partial charge in [0.25, 0.3) is 0 Å². The van der Waals surface area contributed by atoms with Gasteiger partial charge in [0.1, 0.15) is 5.00 Å². The molecule has 30 heavy (non-hydrogen) atoms. The van der Waals surface area contributed by atoms with Gasteiger partial charge in [0.05, 0.1) is 12.2 Å². The molecule has 0 radical (unpaired) electrons. The van der Waals surface area contributed by atoms with Gasteiger partial charge in [-0.3, -0.25) is 0 Å². The number of rotatable bonds is 7. The molecule has 3 aromatic rings. The molecule has 0 unspecified atom stereocenters. The zero-order valence-corrected chi connectivity index (χ0v) is 20.0. The monoisotopic (exact) mass is 502 g/mol. The molecule has 0 amide bonds. The van der Waals surface area contributed by atoms with Crippen LogP contribution in [-0.4, -0.2) is 17.7 Å². The summed E-state index contributed by atoms with van der Waals surface area (Å²) in [5.74, 6) is -0.351. The molecule has 2 aromatic carbocycles. The smallest absolute Gasteiger partial charge is 0.341 e. The van der Waals surface area contributed by atoms with Crippen molar-refractivity contribution in [2.75, 3.05) is 17.2 Å². The second kappa shape index (κ2) is 10.7. The maximum absolute atomic E-state index is 12.5. The summed E-state index contributed by atoms with van der Waals surface area (Å²) in [5, 5.41) is 7.57. The Hall–Kier alpha value is -2.22. The molecule has 1 aromatic heterocycles. The summed E-state index contributed by atoms with van der Waals surface area (Å²) in [5.41, 5.74) is 3.78. The van der Waals surface area contributed by atoms with Crippen LogP contribution in [0.3, 0.4) is 0 Å². The fraction of sp³-hybridized carbons (Fsp3) is 0.217. The number of nitrogens with one attached hydrogen (secondary N) is 2.